The molecule has 0 rings (SSSR count). The first kappa shape index (κ1) is 17.3. The molecular formula is C6H12Cl6Sn2. The number of rotatable bonds is 5. The quantitative estimate of drug-likeness (QED) is 0.388. The maximum absolute atomic E-state index is 5.94. The molecule has 0 aromatic heterocycles. The average molecular weight is 534 g/mol. The van der Waals surface area contributed by atoms with Crippen molar-refractivity contribution >= 4 is 83.5 Å². The van der Waals surface area contributed by atoms with E-state index in [1.54, 1.807) is 0 Å². The van der Waals surface area contributed by atoms with Gasteiger partial charge in [-0.05, 0) is 0 Å². The van der Waals surface area contributed by atoms with Gasteiger partial charge in [0.15, 0.2) is 0 Å². The summed E-state index contributed by atoms with van der Waals surface area (Å²) in [6, 6.07) is 0. The van der Waals surface area contributed by atoms with E-state index < -0.39 is 30.0 Å². The predicted molar refractivity (Wildman–Crippen MR) is 74.7 cm³/mol. The van der Waals surface area contributed by atoms with Crippen LogP contribution < -0.4 is 0 Å². The molecule has 2 unspecified atom stereocenters. The summed E-state index contributed by atoms with van der Waals surface area (Å²) < 4.78 is 0.380. The van der Waals surface area contributed by atoms with Gasteiger partial charge in [-0.1, -0.05) is 0 Å². The molecule has 86 valence electrons. The van der Waals surface area contributed by atoms with Crippen LogP contribution in [0, 0.1) is 0 Å². The zero-order valence-corrected chi connectivity index (χ0v) is 18.1. The topological polar surface area (TPSA) is 0 Å². The van der Waals surface area contributed by atoms with Gasteiger partial charge in [-0.25, -0.2) is 0 Å². The van der Waals surface area contributed by atoms with Gasteiger partial charge in [0.25, 0.3) is 0 Å². The molecule has 0 saturated carbocycles. The van der Waals surface area contributed by atoms with Crippen molar-refractivity contribution in [1.82, 2.24) is 0 Å². The summed E-state index contributed by atoms with van der Waals surface area (Å²) in [5.41, 5.74) is 0. The van der Waals surface area contributed by atoms with Crippen molar-refractivity contribution in [2.45, 2.75) is 34.6 Å². The molecule has 0 spiro atoms. The second-order valence-electron chi connectivity index (χ2n) is 3.46. The van der Waals surface area contributed by atoms with Crippen molar-refractivity contribution in [3.05, 3.63) is 0 Å². The van der Waals surface area contributed by atoms with Gasteiger partial charge in [0.05, 0.1) is 0 Å². The SMILES string of the molecule is C[CH](CC[CH](C)[Sn]([Cl])([Cl])[Cl])[Sn]([Cl])([Cl])[Cl]. The Hall–Kier alpha value is 3.34. The second-order valence-corrected chi connectivity index (χ2v) is 47.1. The standard InChI is InChI=1S/C6H12.6ClH.2Sn/c1-3-5-6-4-2;;;;;;;;/h3-4H,5-6H2,1-2H3;6*1H;;/q;;;;;;;2*+3/p-6. The van der Waals surface area contributed by atoms with Crippen LogP contribution in [0.2, 0.25) is 7.87 Å². The van der Waals surface area contributed by atoms with E-state index in [0.717, 1.165) is 12.8 Å². The van der Waals surface area contributed by atoms with E-state index in [0.29, 0.717) is 0 Å². The second kappa shape index (κ2) is 7.06. The fourth-order valence-electron chi connectivity index (χ4n) is 0.827. The van der Waals surface area contributed by atoms with Crippen molar-refractivity contribution < 1.29 is 0 Å². The Morgan fingerprint density at radius 2 is 0.929 bits per heavy atom. The van der Waals surface area contributed by atoms with Gasteiger partial charge in [0.2, 0.25) is 0 Å². The van der Waals surface area contributed by atoms with Crippen LogP contribution in [-0.4, -0.2) is 30.0 Å². The van der Waals surface area contributed by atoms with E-state index in [2.05, 4.69) is 0 Å². The third kappa shape index (κ3) is 7.62. The zero-order valence-electron chi connectivity index (χ0n) is 7.84. The molecule has 0 saturated heterocycles. The summed E-state index contributed by atoms with van der Waals surface area (Å²) in [7, 11) is 35.6. The minimum absolute atomic E-state index is 0.190. The fourth-order valence-corrected chi connectivity index (χ4v) is 8.04. The van der Waals surface area contributed by atoms with Crippen LogP contribution >= 0.6 is 53.5 Å². The van der Waals surface area contributed by atoms with E-state index in [1.807, 2.05) is 13.8 Å². The molecule has 0 heterocycles. The Balaban J connectivity index is 3.96. The van der Waals surface area contributed by atoms with E-state index in [4.69, 9.17) is 53.5 Å². The molecule has 2 atom stereocenters. The van der Waals surface area contributed by atoms with Crippen LogP contribution in [0.15, 0.2) is 0 Å². The van der Waals surface area contributed by atoms with Gasteiger partial charge in [0.1, 0.15) is 0 Å². The molecule has 14 heavy (non-hydrogen) atoms. The van der Waals surface area contributed by atoms with Gasteiger partial charge >= 0.3 is 118 Å². The van der Waals surface area contributed by atoms with E-state index >= 15 is 0 Å². The Morgan fingerprint density at radius 3 is 1.07 bits per heavy atom. The number of hydrogen-bond donors (Lipinski definition) is 0. The molecular weight excluding hydrogens is 522 g/mol. The van der Waals surface area contributed by atoms with Crippen molar-refractivity contribution in [2.75, 3.05) is 0 Å². The van der Waals surface area contributed by atoms with Crippen LogP contribution in [0.1, 0.15) is 26.7 Å². The number of halogens is 6. The van der Waals surface area contributed by atoms with Crippen molar-refractivity contribution in [3.8, 4) is 0 Å². The van der Waals surface area contributed by atoms with Gasteiger partial charge in [-0.15, -0.1) is 0 Å². The van der Waals surface area contributed by atoms with Crippen LogP contribution in [-0.2, 0) is 0 Å². The molecule has 0 radical (unpaired) electrons. The Labute approximate surface area is 116 Å². The monoisotopic (exact) mass is 534 g/mol. The van der Waals surface area contributed by atoms with Crippen molar-refractivity contribution in [2.24, 2.45) is 0 Å². The Morgan fingerprint density at radius 1 is 0.714 bits per heavy atom. The molecule has 0 nitrogen and oxygen atoms in total. The van der Waals surface area contributed by atoms with Crippen LogP contribution in [0.3, 0.4) is 0 Å². The molecule has 0 amide bonds. The van der Waals surface area contributed by atoms with Crippen LogP contribution in [0.5, 0.6) is 0 Å². The van der Waals surface area contributed by atoms with Gasteiger partial charge in [-0.3, -0.25) is 0 Å². The van der Waals surface area contributed by atoms with Crippen molar-refractivity contribution in [1.29, 1.82) is 0 Å². The van der Waals surface area contributed by atoms with Crippen LogP contribution in [0.4, 0.5) is 0 Å². The minimum atomic E-state index is -3.27. The van der Waals surface area contributed by atoms with Crippen molar-refractivity contribution in [3.63, 3.8) is 0 Å². The van der Waals surface area contributed by atoms with E-state index in [1.165, 1.54) is 0 Å². The zero-order chi connectivity index (χ0) is 11.6. The summed E-state index contributed by atoms with van der Waals surface area (Å²) in [6.07, 6.45) is 1.72. The molecule has 0 bridgehead atoms. The Bertz CT molecular complexity index is 154. The summed E-state index contributed by atoms with van der Waals surface area (Å²) >= 11 is -6.54. The van der Waals surface area contributed by atoms with E-state index in [-0.39, 0.29) is 7.87 Å². The normalized spacial score (nSPS) is 18.0. The Kier molecular flexibility index (Phi) is 8.74. The first-order valence-corrected chi connectivity index (χ1v) is 29.2. The maximum atomic E-state index is 5.94. The van der Waals surface area contributed by atoms with Crippen LogP contribution in [0.25, 0.3) is 0 Å². The molecule has 0 aliphatic rings. The fraction of sp³-hybridized carbons (Fsp3) is 1.00. The first-order chi connectivity index (χ1) is 6.05. The van der Waals surface area contributed by atoms with Gasteiger partial charge < -0.3 is 0 Å². The summed E-state index contributed by atoms with van der Waals surface area (Å²) in [5.74, 6) is 0. The summed E-state index contributed by atoms with van der Waals surface area (Å²) in [5, 5.41) is 0. The number of hydrogen-bond acceptors (Lipinski definition) is 0. The average Bonchev–Trinajstić information content (AvgIpc) is 1.95. The molecule has 8 heteroatoms. The molecule has 0 aliphatic carbocycles. The third-order valence-electron chi connectivity index (χ3n) is 2.15. The summed E-state index contributed by atoms with van der Waals surface area (Å²) in [6.45, 7) is 3.95. The first-order valence-electron chi connectivity index (χ1n) is 4.18. The molecule has 0 aliphatic heterocycles. The predicted octanol–water partition coefficient (Wildman–Crippen LogP) is 5.86. The van der Waals surface area contributed by atoms with E-state index in [9.17, 15) is 0 Å². The molecule has 0 fully saturated rings. The molecule has 0 aromatic carbocycles. The molecule has 0 aromatic rings. The van der Waals surface area contributed by atoms with Gasteiger partial charge in [-0.2, -0.15) is 0 Å². The summed E-state index contributed by atoms with van der Waals surface area (Å²) in [4.78, 5) is 0. The third-order valence-corrected chi connectivity index (χ3v) is 25.2. The van der Waals surface area contributed by atoms with Gasteiger partial charge in [0, 0.05) is 0 Å². The molecule has 0 N–H and O–H groups in total.